The Kier molecular flexibility index (Phi) is 5.83. The van der Waals surface area contributed by atoms with Gasteiger partial charge in [-0.25, -0.2) is 0 Å². The van der Waals surface area contributed by atoms with Gasteiger partial charge in [0.25, 0.3) is 0 Å². The van der Waals surface area contributed by atoms with Crippen LogP contribution in [-0.4, -0.2) is 18.3 Å². The quantitative estimate of drug-likeness (QED) is 0.811. The lowest BCUT2D eigenvalue weighted by molar-refractivity contribution is 0.150. The van der Waals surface area contributed by atoms with Gasteiger partial charge in [0.1, 0.15) is 0 Å². The van der Waals surface area contributed by atoms with Gasteiger partial charge < -0.3 is 14.2 Å². The van der Waals surface area contributed by atoms with Gasteiger partial charge in [-0.15, -0.1) is 0 Å². The molecule has 1 atom stereocenters. The molecule has 0 spiro atoms. The summed E-state index contributed by atoms with van der Waals surface area (Å²) < 4.78 is 23.2. The van der Waals surface area contributed by atoms with E-state index in [0.717, 1.165) is 0 Å². The SMILES string of the molecule is CCOP(=O)(OCC)[C@H](O)c1ccccc1Br. The first-order valence-corrected chi connectivity index (χ1v) is 7.77. The van der Waals surface area contributed by atoms with Crippen LogP contribution in [0.5, 0.6) is 0 Å². The smallest absolute Gasteiger partial charge is 0.363 e. The lowest BCUT2D eigenvalue weighted by Crippen LogP contribution is -2.06. The van der Waals surface area contributed by atoms with Crippen molar-refractivity contribution in [3.05, 3.63) is 34.3 Å². The number of aliphatic hydroxyl groups is 1. The van der Waals surface area contributed by atoms with E-state index in [-0.39, 0.29) is 13.2 Å². The lowest BCUT2D eigenvalue weighted by atomic mass is 10.2. The van der Waals surface area contributed by atoms with Crippen molar-refractivity contribution in [1.82, 2.24) is 0 Å². The van der Waals surface area contributed by atoms with Crippen LogP contribution in [0, 0.1) is 0 Å². The van der Waals surface area contributed by atoms with Crippen molar-refractivity contribution in [2.75, 3.05) is 13.2 Å². The van der Waals surface area contributed by atoms with E-state index >= 15 is 0 Å². The van der Waals surface area contributed by atoms with Crippen molar-refractivity contribution in [3.8, 4) is 0 Å². The van der Waals surface area contributed by atoms with Crippen molar-refractivity contribution in [1.29, 1.82) is 0 Å². The fourth-order valence-electron chi connectivity index (χ4n) is 1.39. The molecule has 0 aromatic heterocycles. The van der Waals surface area contributed by atoms with E-state index < -0.39 is 13.4 Å². The number of benzene rings is 1. The van der Waals surface area contributed by atoms with Gasteiger partial charge in [0.05, 0.1) is 13.2 Å². The monoisotopic (exact) mass is 322 g/mol. The van der Waals surface area contributed by atoms with E-state index in [1.165, 1.54) is 0 Å². The van der Waals surface area contributed by atoms with Crippen LogP contribution in [0.2, 0.25) is 0 Å². The van der Waals surface area contributed by atoms with Crippen molar-refractivity contribution >= 4 is 23.5 Å². The van der Waals surface area contributed by atoms with Crippen LogP contribution >= 0.6 is 23.5 Å². The number of rotatable bonds is 6. The Bertz CT molecular complexity index is 400. The molecule has 1 N–H and O–H groups in total. The molecule has 0 aliphatic rings. The molecule has 96 valence electrons. The summed E-state index contributed by atoms with van der Waals surface area (Å²) in [6.45, 7) is 3.86. The second-order valence-corrected chi connectivity index (χ2v) is 6.21. The third-order valence-corrected chi connectivity index (χ3v) is 4.94. The maximum atomic E-state index is 12.4. The Morgan fingerprint density at radius 1 is 1.29 bits per heavy atom. The Hall–Kier alpha value is -0.190. The highest BCUT2D eigenvalue weighted by atomic mass is 79.9. The molecule has 0 heterocycles. The van der Waals surface area contributed by atoms with Crippen LogP contribution in [0.3, 0.4) is 0 Å². The molecule has 0 bridgehead atoms. The van der Waals surface area contributed by atoms with E-state index in [1.54, 1.807) is 32.0 Å². The molecule has 1 aromatic rings. The van der Waals surface area contributed by atoms with E-state index in [2.05, 4.69) is 15.9 Å². The largest absolute Gasteiger partial charge is 0.376 e. The van der Waals surface area contributed by atoms with Crippen LogP contribution in [0.15, 0.2) is 28.7 Å². The number of halogens is 1. The molecule has 0 aliphatic heterocycles. The van der Waals surface area contributed by atoms with Gasteiger partial charge in [-0.1, -0.05) is 34.1 Å². The van der Waals surface area contributed by atoms with Crippen molar-refractivity contribution in [2.45, 2.75) is 19.7 Å². The molecule has 1 rings (SSSR count). The van der Waals surface area contributed by atoms with Crippen LogP contribution in [0.1, 0.15) is 25.3 Å². The van der Waals surface area contributed by atoms with E-state index in [9.17, 15) is 9.67 Å². The average molecular weight is 323 g/mol. The molecule has 1 aromatic carbocycles. The van der Waals surface area contributed by atoms with Gasteiger partial charge in [0, 0.05) is 10.0 Å². The van der Waals surface area contributed by atoms with Gasteiger partial charge in [-0.2, -0.15) is 0 Å². The Morgan fingerprint density at radius 3 is 2.29 bits per heavy atom. The third kappa shape index (κ3) is 3.63. The Morgan fingerprint density at radius 2 is 1.82 bits per heavy atom. The maximum absolute atomic E-state index is 12.4. The fourth-order valence-corrected chi connectivity index (χ4v) is 3.71. The van der Waals surface area contributed by atoms with Crippen LogP contribution < -0.4 is 0 Å². The molecule has 0 saturated carbocycles. The average Bonchev–Trinajstić information content (AvgIpc) is 2.29. The fraction of sp³-hybridized carbons (Fsp3) is 0.455. The highest BCUT2D eigenvalue weighted by molar-refractivity contribution is 9.10. The van der Waals surface area contributed by atoms with E-state index in [4.69, 9.17) is 9.05 Å². The van der Waals surface area contributed by atoms with Gasteiger partial charge in [-0.3, -0.25) is 4.57 Å². The molecule has 0 aliphatic carbocycles. The predicted octanol–water partition coefficient (Wildman–Crippen LogP) is 3.71. The van der Waals surface area contributed by atoms with Crippen molar-refractivity contribution in [3.63, 3.8) is 0 Å². The molecular weight excluding hydrogens is 307 g/mol. The van der Waals surface area contributed by atoms with Gasteiger partial charge in [0.2, 0.25) is 0 Å². The summed E-state index contributed by atoms with van der Waals surface area (Å²) in [4.78, 5) is 0. The lowest BCUT2D eigenvalue weighted by Gasteiger charge is -2.23. The third-order valence-electron chi connectivity index (χ3n) is 2.10. The summed E-state index contributed by atoms with van der Waals surface area (Å²) in [5, 5.41) is 10.1. The van der Waals surface area contributed by atoms with E-state index in [0.29, 0.717) is 10.0 Å². The first kappa shape index (κ1) is 14.9. The van der Waals surface area contributed by atoms with Crippen LogP contribution in [-0.2, 0) is 13.6 Å². The second-order valence-electron chi connectivity index (χ2n) is 3.27. The highest BCUT2D eigenvalue weighted by Crippen LogP contribution is 2.60. The molecule has 0 unspecified atom stereocenters. The normalized spacial score (nSPS) is 13.6. The zero-order chi connectivity index (χ0) is 12.9. The summed E-state index contributed by atoms with van der Waals surface area (Å²) in [5.74, 6) is -1.28. The molecule has 0 saturated heterocycles. The number of hydrogen-bond donors (Lipinski definition) is 1. The molecule has 0 fully saturated rings. The topological polar surface area (TPSA) is 55.8 Å². The maximum Gasteiger partial charge on any atom is 0.363 e. The number of hydrogen-bond acceptors (Lipinski definition) is 4. The molecule has 0 radical (unpaired) electrons. The minimum absolute atomic E-state index is 0.221. The first-order valence-electron chi connectivity index (χ1n) is 5.36. The Balaban J connectivity index is 3.04. The summed E-state index contributed by atoms with van der Waals surface area (Å²) in [6.07, 6.45) is 0. The standard InChI is InChI=1S/C11H16BrO4P/c1-3-15-17(14,16-4-2)11(13)9-7-5-6-8-10(9)12/h5-8,11,13H,3-4H2,1-2H3/t11-/m0/s1. The minimum atomic E-state index is -3.53. The van der Waals surface area contributed by atoms with E-state index in [1.807, 2.05) is 6.07 Å². The zero-order valence-corrected chi connectivity index (χ0v) is 12.3. The minimum Gasteiger partial charge on any atom is -0.376 e. The van der Waals surface area contributed by atoms with Crippen molar-refractivity contribution < 1.29 is 18.7 Å². The highest BCUT2D eigenvalue weighted by Gasteiger charge is 2.36. The zero-order valence-electron chi connectivity index (χ0n) is 9.80. The van der Waals surface area contributed by atoms with Crippen LogP contribution in [0.25, 0.3) is 0 Å². The summed E-state index contributed by atoms with van der Waals surface area (Å²) in [6, 6.07) is 7.01. The Labute approximate surface area is 110 Å². The summed E-state index contributed by atoms with van der Waals surface area (Å²) in [5.41, 5.74) is 0.498. The predicted molar refractivity (Wildman–Crippen MR) is 70.0 cm³/mol. The molecule has 17 heavy (non-hydrogen) atoms. The van der Waals surface area contributed by atoms with Gasteiger partial charge in [-0.05, 0) is 19.9 Å². The molecule has 6 heteroatoms. The molecule has 0 amide bonds. The number of aliphatic hydroxyl groups excluding tert-OH is 1. The van der Waals surface area contributed by atoms with Crippen molar-refractivity contribution in [2.24, 2.45) is 0 Å². The molecular formula is C11H16BrO4P. The molecule has 4 nitrogen and oxygen atoms in total. The first-order chi connectivity index (χ1) is 8.05. The van der Waals surface area contributed by atoms with Crippen LogP contribution in [0.4, 0.5) is 0 Å². The second kappa shape index (κ2) is 6.66. The summed E-state index contributed by atoms with van der Waals surface area (Å²) >= 11 is 3.30. The van der Waals surface area contributed by atoms with Gasteiger partial charge >= 0.3 is 7.60 Å². The summed E-state index contributed by atoms with van der Waals surface area (Å²) in [7, 11) is -3.53. The van der Waals surface area contributed by atoms with Gasteiger partial charge in [0.15, 0.2) is 5.85 Å².